The molecule has 1 aliphatic heterocycles. The Labute approximate surface area is 187 Å². The number of carboxylic acid groups (broad SMARTS) is 1. The van der Waals surface area contributed by atoms with Gasteiger partial charge in [-0.05, 0) is 42.3 Å². The lowest BCUT2D eigenvalue weighted by Gasteiger charge is -2.13. The molecule has 2 aromatic rings. The number of thioether (sulfide) groups is 1. The number of rotatable bonds is 7. The Morgan fingerprint density at radius 1 is 1.17 bits per heavy atom. The van der Waals surface area contributed by atoms with Crippen molar-refractivity contribution >= 4 is 69.5 Å². The first kappa shape index (κ1) is 21.6. The third-order valence-corrected chi connectivity index (χ3v) is 6.05. The molecule has 9 heteroatoms. The minimum Gasteiger partial charge on any atom is -0.481 e. The van der Waals surface area contributed by atoms with Crippen LogP contribution >= 0.6 is 47.2 Å². The van der Waals surface area contributed by atoms with Crippen molar-refractivity contribution in [2.24, 2.45) is 0 Å². The molecule has 0 radical (unpaired) electrons. The zero-order valence-corrected chi connectivity index (χ0v) is 18.1. The van der Waals surface area contributed by atoms with Crippen LogP contribution in [0.15, 0.2) is 47.4 Å². The fourth-order valence-corrected chi connectivity index (χ4v) is 4.17. The number of thiocarbonyl (C=S) groups is 1. The molecule has 150 valence electrons. The minimum absolute atomic E-state index is 0.00972. The number of halogens is 2. The predicted octanol–water partition coefficient (Wildman–Crippen LogP) is 5.85. The summed E-state index contributed by atoms with van der Waals surface area (Å²) in [6.45, 7) is 0.286. The Balaban J connectivity index is 1.72. The van der Waals surface area contributed by atoms with Crippen LogP contribution < -0.4 is 4.74 Å². The number of benzene rings is 2. The smallest absolute Gasteiger partial charge is 0.303 e. The van der Waals surface area contributed by atoms with Crippen LogP contribution in [-0.2, 0) is 9.59 Å². The fourth-order valence-electron chi connectivity index (χ4n) is 2.58. The third-order valence-electron chi connectivity index (χ3n) is 3.93. The number of hydrogen-bond donors (Lipinski definition) is 1. The summed E-state index contributed by atoms with van der Waals surface area (Å²) in [5, 5.41) is 9.59. The molecule has 0 saturated carbocycles. The van der Waals surface area contributed by atoms with Gasteiger partial charge in [-0.1, -0.05) is 59.3 Å². The van der Waals surface area contributed by atoms with E-state index in [-0.39, 0.29) is 18.9 Å². The van der Waals surface area contributed by atoms with E-state index in [2.05, 4.69) is 0 Å². The molecule has 0 spiro atoms. The maximum Gasteiger partial charge on any atom is 0.303 e. The number of carbonyl (C=O) groups is 2. The highest BCUT2D eigenvalue weighted by Gasteiger charge is 2.31. The van der Waals surface area contributed by atoms with Gasteiger partial charge in [-0.25, -0.2) is 0 Å². The number of ether oxygens (including phenoxy) is 1. The van der Waals surface area contributed by atoms with Gasteiger partial charge < -0.3 is 9.84 Å². The molecule has 29 heavy (non-hydrogen) atoms. The first-order chi connectivity index (χ1) is 13.8. The van der Waals surface area contributed by atoms with Crippen LogP contribution in [0.25, 0.3) is 6.08 Å². The molecule has 0 aliphatic carbocycles. The van der Waals surface area contributed by atoms with Crippen LogP contribution in [0.5, 0.6) is 11.5 Å². The topological polar surface area (TPSA) is 66.8 Å². The van der Waals surface area contributed by atoms with Crippen LogP contribution in [0.2, 0.25) is 10.0 Å². The monoisotopic (exact) mass is 467 g/mol. The lowest BCUT2D eigenvalue weighted by Crippen LogP contribution is -2.29. The molecule has 0 atom stereocenters. The van der Waals surface area contributed by atoms with Gasteiger partial charge in [0.15, 0.2) is 0 Å². The minimum atomic E-state index is -0.898. The Bertz CT molecular complexity index is 1010. The van der Waals surface area contributed by atoms with E-state index in [1.165, 1.54) is 16.7 Å². The van der Waals surface area contributed by atoms with Gasteiger partial charge in [0.1, 0.15) is 15.8 Å². The van der Waals surface area contributed by atoms with E-state index >= 15 is 0 Å². The summed E-state index contributed by atoms with van der Waals surface area (Å²) in [7, 11) is 0. The van der Waals surface area contributed by atoms with Crippen molar-refractivity contribution in [3.63, 3.8) is 0 Å². The molecule has 1 saturated heterocycles. The number of carbonyl (C=O) groups excluding carboxylic acids is 1. The quantitative estimate of drug-likeness (QED) is 0.406. The number of aliphatic carboxylic acids is 1. The molecule has 0 unspecified atom stereocenters. The van der Waals surface area contributed by atoms with Gasteiger partial charge in [0.25, 0.3) is 5.91 Å². The molecule has 0 bridgehead atoms. The van der Waals surface area contributed by atoms with Crippen molar-refractivity contribution in [2.45, 2.75) is 12.8 Å². The van der Waals surface area contributed by atoms with E-state index in [0.717, 1.165) is 5.56 Å². The van der Waals surface area contributed by atoms with Gasteiger partial charge in [0.05, 0.1) is 15.0 Å². The Morgan fingerprint density at radius 2 is 1.93 bits per heavy atom. The van der Waals surface area contributed by atoms with E-state index in [1.807, 2.05) is 12.1 Å². The first-order valence-corrected chi connectivity index (χ1v) is 10.5. The first-order valence-electron chi connectivity index (χ1n) is 8.53. The lowest BCUT2D eigenvalue weighted by molar-refractivity contribution is -0.137. The Morgan fingerprint density at radius 3 is 2.66 bits per heavy atom. The average molecular weight is 468 g/mol. The van der Waals surface area contributed by atoms with Crippen molar-refractivity contribution in [1.82, 2.24) is 4.90 Å². The van der Waals surface area contributed by atoms with Crippen molar-refractivity contribution < 1.29 is 19.4 Å². The van der Waals surface area contributed by atoms with Gasteiger partial charge in [-0.2, -0.15) is 0 Å². The number of hydrogen-bond acceptors (Lipinski definition) is 5. The highest BCUT2D eigenvalue weighted by atomic mass is 35.5. The van der Waals surface area contributed by atoms with Crippen molar-refractivity contribution in [3.05, 3.63) is 63.0 Å². The fraction of sp³-hybridized carbons (Fsp3) is 0.150. The summed E-state index contributed by atoms with van der Waals surface area (Å²) in [5.74, 6) is 0.00125. The second-order valence-electron chi connectivity index (χ2n) is 6.08. The SMILES string of the molecule is O=C(O)CCCN1C(=O)C(=Cc2cccc(Oc3ccc(Cl)c(Cl)c3)c2)SC1=S. The molecule has 1 aliphatic rings. The zero-order chi connectivity index (χ0) is 21.0. The van der Waals surface area contributed by atoms with Crippen LogP contribution in [0.4, 0.5) is 0 Å². The highest BCUT2D eigenvalue weighted by molar-refractivity contribution is 8.26. The lowest BCUT2D eigenvalue weighted by atomic mass is 10.2. The van der Waals surface area contributed by atoms with Crippen LogP contribution in [0, 0.1) is 0 Å². The maximum absolute atomic E-state index is 12.6. The normalized spacial score (nSPS) is 15.2. The van der Waals surface area contributed by atoms with Crippen molar-refractivity contribution in [2.75, 3.05) is 6.54 Å². The Hall–Kier alpha value is -2.06. The molecule has 1 heterocycles. The summed E-state index contributed by atoms with van der Waals surface area (Å²) in [4.78, 5) is 25.2. The summed E-state index contributed by atoms with van der Waals surface area (Å²) in [5.41, 5.74) is 0.772. The van der Waals surface area contributed by atoms with E-state index in [9.17, 15) is 9.59 Å². The van der Waals surface area contributed by atoms with E-state index < -0.39 is 5.97 Å². The summed E-state index contributed by atoms with van der Waals surface area (Å²) in [6, 6.07) is 12.2. The van der Waals surface area contributed by atoms with Gasteiger partial charge >= 0.3 is 5.97 Å². The number of amides is 1. The van der Waals surface area contributed by atoms with Gasteiger partial charge in [0.2, 0.25) is 0 Å². The second-order valence-corrected chi connectivity index (χ2v) is 8.57. The molecule has 2 aromatic carbocycles. The summed E-state index contributed by atoms with van der Waals surface area (Å²) in [6.07, 6.45) is 2.07. The van der Waals surface area contributed by atoms with Crippen molar-refractivity contribution in [1.29, 1.82) is 0 Å². The molecule has 1 amide bonds. The Kier molecular flexibility index (Phi) is 7.18. The molecule has 5 nitrogen and oxygen atoms in total. The molecule has 3 rings (SSSR count). The van der Waals surface area contributed by atoms with Crippen molar-refractivity contribution in [3.8, 4) is 11.5 Å². The predicted molar refractivity (Wildman–Crippen MR) is 120 cm³/mol. The number of carboxylic acids is 1. The summed E-state index contributed by atoms with van der Waals surface area (Å²) < 4.78 is 6.23. The second kappa shape index (κ2) is 9.63. The van der Waals surface area contributed by atoms with E-state index in [0.29, 0.717) is 37.2 Å². The standard InChI is InChI=1S/C20H15Cl2NO4S2/c21-15-7-6-14(11-16(15)22)27-13-4-1-3-12(9-13)10-17-19(26)23(20(28)29-17)8-2-5-18(24)25/h1,3-4,6-7,9-11H,2,5,8H2,(H,24,25). The third kappa shape index (κ3) is 5.73. The number of nitrogens with zero attached hydrogens (tertiary/aromatic N) is 1. The molecular weight excluding hydrogens is 453 g/mol. The van der Waals surface area contributed by atoms with Gasteiger partial charge in [-0.15, -0.1) is 0 Å². The van der Waals surface area contributed by atoms with E-state index in [4.69, 9.17) is 45.3 Å². The largest absolute Gasteiger partial charge is 0.481 e. The van der Waals surface area contributed by atoms with Crippen LogP contribution in [-0.4, -0.2) is 32.7 Å². The molecule has 0 aromatic heterocycles. The highest BCUT2D eigenvalue weighted by Crippen LogP contribution is 2.34. The maximum atomic E-state index is 12.6. The van der Waals surface area contributed by atoms with Crippen LogP contribution in [0.3, 0.4) is 0 Å². The zero-order valence-electron chi connectivity index (χ0n) is 14.9. The van der Waals surface area contributed by atoms with Gasteiger partial charge in [-0.3, -0.25) is 14.5 Å². The van der Waals surface area contributed by atoms with E-state index in [1.54, 1.807) is 36.4 Å². The van der Waals surface area contributed by atoms with Crippen LogP contribution in [0.1, 0.15) is 18.4 Å². The van der Waals surface area contributed by atoms with Gasteiger partial charge in [0, 0.05) is 19.0 Å². The molecule has 1 fully saturated rings. The summed E-state index contributed by atoms with van der Waals surface area (Å²) >= 11 is 18.4. The molecule has 1 N–H and O–H groups in total. The molecular formula is C20H15Cl2NO4S2. The average Bonchev–Trinajstić information content (AvgIpc) is 2.92.